The first-order valence-electron chi connectivity index (χ1n) is 4.12. The van der Waals surface area contributed by atoms with Crippen molar-refractivity contribution >= 4 is 11.8 Å². The molecule has 0 spiro atoms. The first-order valence-corrected chi connectivity index (χ1v) is 4.12. The molecule has 4 N–H and O–H groups in total. The summed E-state index contributed by atoms with van der Waals surface area (Å²) in [6.07, 6.45) is 0. The van der Waals surface area contributed by atoms with Crippen molar-refractivity contribution in [3.05, 3.63) is 34.4 Å². The minimum absolute atomic E-state index is 0.106. The highest BCUT2D eigenvalue weighted by Gasteiger charge is 2.11. The predicted octanol–water partition coefficient (Wildman–Crippen LogP) is 1.29. The second-order valence-electron chi connectivity index (χ2n) is 3.20. The summed E-state index contributed by atoms with van der Waals surface area (Å²) in [4.78, 5) is 10.8. The fraction of sp³-hybridized carbons (Fsp3) is 0.200. The number of aryl methyl sites for hydroxylation is 2. The smallest absolute Gasteiger partial charge is 0.335 e. The van der Waals surface area contributed by atoms with E-state index in [1.807, 2.05) is 0 Å². The maximum Gasteiger partial charge on any atom is 0.335 e. The number of benzene rings is 1. The van der Waals surface area contributed by atoms with Gasteiger partial charge in [-0.1, -0.05) is 6.07 Å². The van der Waals surface area contributed by atoms with E-state index in [2.05, 4.69) is 0 Å². The minimum atomic E-state index is -0.995. The molecule has 1 rings (SSSR count). The molecule has 0 aliphatic carbocycles. The van der Waals surface area contributed by atoms with Crippen molar-refractivity contribution in [3.63, 3.8) is 0 Å². The number of nitrogen functional groups attached to an aromatic ring is 1. The summed E-state index contributed by atoms with van der Waals surface area (Å²) in [7, 11) is 0. The van der Waals surface area contributed by atoms with Crippen molar-refractivity contribution in [3.8, 4) is 0 Å². The van der Waals surface area contributed by atoms with Gasteiger partial charge in [0.05, 0.1) is 5.56 Å². The molecule has 0 heterocycles. The van der Waals surface area contributed by atoms with Crippen molar-refractivity contribution in [1.82, 2.24) is 0 Å². The lowest BCUT2D eigenvalue weighted by atomic mass is 9.99. The molecule has 74 valence electrons. The highest BCUT2D eigenvalue weighted by molar-refractivity contribution is 5.99. The van der Waals surface area contributed by atoms with Crippen LogP contribution in [0.25, 0.3) is 0 Å². The molecule has 14 heavy (non-hydrogen) atoms. The Morgan fingerprint density at radius 3 is 2.21 bits per heavy atom. The van der Waals surface area contributed by atoms with Gasteiger partial charge in [0.15, 0.2) is 0 Å². The molecule has 0 saturated carbocycles. The van der Waals surface area contributed by atoms with Crippen molar-refractivity contribution < 1.29 is 9.90 Å². The molecule has 4 nitrogen and oxygen atoms in total. The highest BCUT2D eigenvalue weighted by atomic mass is 16.4. The Morgan fingerprint density at radius 2 is 1.79 bits per heavy atom. The Balaban J connectivity index is 3.42. The van der Waals surface area contributed by atoms with Gasteiger partial charge < -0.3 is 10.8 Å². The largest absolute Gasteiger partial charge is 0.478 e. The lowest BCUT2D eigenvalue weighted by Gasteiger charge is -2.07. The van der Waals surface area contributed by atoms with Crippen molar-refractivity contribution in [1.29, 1.82) is 5.41 Å². The zero-order valence-corrected chi connectivity index (χ0v) is 8.09. The Bertz CT molecular complexity index is 376. The van der Waals surface area contributed by atoms with Crippen molar-refractivity contribution in [2.45, 2.75) is 13.8 Å². The van der Waals surface area contributed by atoms with E-state index in [1.165, 1.54) is 6.07 Å². The van der Waals surface area contributed by atoms with E-state index in [0.29, 0.717) is 11.1 Å². The normalized spacial score (nSPS) is 9.86. The van der Waals surface area contributed by atoms with E-state index < -0.39 is 5.97 Å². The van der Waals surface area contributed by atoms with Crippen LogP contribution in [0, 0.1) is 19.3 Å². The second kappa shape index (κ2) is 3.49. The topological polar surface area (TPSA) is 87.2 Å². The van der Waals surface area contributed by atoms with Gasteiger partial charge >= 0.3 is 5.97 Å². The molecule has 0 aromatic heterocycles. The standard InChI is InChI=1S/C10H12N2O2/c1-5-3-6(2)8(10(13)14)4-7(5)9(11)12/h3-4H,1-2H3,(H3,11,12)(H,13,14). The molecule has 0 fully saturated rings. The van der Waals surface area contributed by atoms with Gasteiger partial charge in [-0.25, -0.2) is 4.79 Å². The monoisotopic (exact) mass is 192 g/mol. The van der Waals surface area contributed by atoms with E-state index in [-0.39, 0.29) is 11.4 Å². The zero-order chi connectivity index (χ0) is 10.9. The van der Waals surface area contributed by atoms with Crippen LogP contribution >= 0.6 is 0 Å². The van der Waals surface area contributed by atoms with E-state index in [0.717, 1.165) is 5.56 Å². The van der Waals surface area contributed by atoms with Gasteiger partial charge in [0.25, 0.3) is 0 Å². The maximum atomic E-state index is 10.8. The fourth-order valence-electron chi connectivity index (χ4n) is 1.37. The number of carbonyl (C=O) groups is 1. The summed E-state index contributed by atoms with van der Waals surface area (Å²) >= 11 is 0. The van der Waals surface area contributed by atoms with Gasteiger partial charge in [0.2, 0.25) is 0 Å². The summed E-state index contributed by atoms with van der Waals surface area (Å²) in [5, 5.41) is 16.1. The summed E-state index contributed by atoms with van der Waals surface area (Å²) in [6, 6.07) is 3.16. The third-order valence-corrected chi connectivity index (χ3v) is 2.09. The molecule has 0 amide bonds. The molecule has 1 aromatic carbocycles. The molecule has 0 saturated heterocycles. The van der Waals surface area contributed by atoms with E-state index in [9.17, 15) is 4.79 Å². The van der Waals surface area contributed by atoms with E-state index in [4.69, 9.17) is 16.2 Å². The Morgan fingerprint density at radius 1 is 1.29 bits per heavy atom. The molecule has 0 radical (unpaired) electrons. The molecular formula is C10H12N2O2. The molecule has 4 heteroatoms. The van der Waals surface area contributed by atoms with E-state index >= 15 is 0 Å². The number of aromatic carboxylic acids is 1. The van der Waals surface area contributed by atoms with Crippen LogP contribution in [0.15, 0.2) is 12.1 Å². The van der Waals surface area contributed by atoms with Crippen molar-refractivity contribution in [2.24, 2.45) is 5.73 Å². The molecule has 0 unspecified atom stereocenters. The van der Waals surface area contributed by atoms with Crippen LogP contribution in [-0.4, -0.2) is 16.9 Å². The molecule has 0 bridgehead atoms. The SMILES string of the molecule is Cc1cc(C)c(C(=O)O)cc1C(=N)N. The van der Waals surface area contributed by atoms with Crippen LogP contribution in [-0.2, 0) is 0 Å². The van der Waals surface area contributed by atoms with Crippen LogP contribution in [0.2, 0.25) is 0 Å². The van der Waals surface area contributed by atoms with Gasteiger partial charge in [-0.15, -0.1) is 0 Å². The third kappa shape index (κ3) is 1.74. The number of carboxylic acid groups (broad SMARTS) is 1. The molecule has 0 aliphatic heterocycles. The quantitative estimate of drug-likeness (QED) is 0.487. The average molecular weight is 192 g/mol. The van der Waals surface area contributed by atoms with Gasteiger partial charge in [0.1, 0.15) is 5.84 Å². The second-order valence-corrected chi connectivity index (χ2v) is 3.20. The number of nitrogens with one attached hydrogen (secondary N) is 1. The van der Waals surface area contributed by atoms with Gasteiger partial charge in [-0.2, -0.15) is 0 Å². The lowest BCUT2D eigenvalue weighted by molar-refractivity contribution is 0.0696. The first-order chi connectivity index (χ1) is 6.43. The maximum absolute atomic E-state index is 10.8. The summed E-state index contributed by atoms with van der Waals surface area (Å²) in [5.41, 5.74) is 7.50. The first kappa shape index (κ1) is 10.2. The Hall–Kier alpha value is -1.84. The zero-order valence-electron chi connectivity index (χ0n) is 8.09. The summed E-state index contributed by atoms with van der Waals surface area (Å²) in [5.74, 6) is -1.10. The van der Waals surface area contributed by atoms with Gasteiger partial charge in [-0.05, 0) is 31.0 Å². The average Bonchev–Trinajstić information content (AvgIpc) is 2.02. The molecule has 0 aliphatic rings. The van der Waals surface area contributed by atoms with Crippen LogP contribution in [0.5, 0.6) is 0 Å². The minimum Gasteiger partial charge on any atom is -0.478 e. The third-order valence-electron chi connectivity index (χ3n) is 2.09. The number of hydrogen-bond donors (Lipinski definition) is 3. The number of rotatable bonds is 2. The van der Waals surface area contributed by atoms with Crippen LogP contribution < -0.4 is 5.73 Å². The number of amidine groups is 1. The van der Waals surface area contributed by atoms with Crippen LogP contribution in [0.4, 0.5) is 0 Å². The molecule has 0 atom stereocenters. The predicted molar refractivity (Wildman–Crippen MR) is 53.9 cm³/mol. The summed E-state index contributed by atoms with van der Waals surface area (Å²) in [6.45, 7) is 3.52. The Labute approximate surface area is 81.9 Å². The number of hydrogen-bond acceptors (Lipinski definition) is 2. The Kier molecular flexibility index (Phi) is 2.56. The fourth-order valence-corrected chi connectivity index (χ4v) is 1.37. The number of nitrogens with two attached hydrogens (primary N) is 1. The highest BCUT2D eigenvalue weighted by Crippen LogP contribution is 2.15. The van der Waals surface area contributed by atoms with E-state index in [1.54, 1.807) is 19.9 Å². The molecule has 1 aromatic rings. The number of carboxylic acids is 1. The van der Waals surface area contributed by atoms with Crippen LogP contribution in [0.3, 0.4) is 0 Å². The van der Waals surface area contributed by atoms with Gasteiger partial charge in [0, 0.05) is 5.56 Å². The van der Waals surface area contributed by atoms with Gasteiger partial charge in [-0.3, -0.25) is 5.41 Å². The summed E-state index contributed by atoms with van der Waals surface area (Å²) < 4.78 is 0. The van der Waals surface area contributed by atoms with Crippen molar-refractivity contribution in [2.75, 3.05) is 0 Å². The lowest BCUT2D eigenvalue weighted by Crippen LogP contribution is -2.14. The van der Waals surface area contributed by atoms with Crippen LogP contribution in [0.1, 0.15) is 27.0 Å². The molecular weight excluding hydrogens is 180 g/mol.